The molecule has 9 heteroatoms. The minimum Gasteiger partial charge on any atom is -0.507 e. The van der Waals surface area contributed by atoms with Crippen molar-refractivity contribution in [3.63, 3.8) is 0 Å². The number of aromatic hydroxyl groups is 1. The van der Waals surface area contributed by atoms with Crippen molar-refractivity contribution in [1.82, 2.24) is 20.2 Å². The Labute approximate surface area is 215 Å². The van der Waals surface area contributed by atoms with Gasteiger partial charge in [0.1, 0.15) is 11.9 Å². The molecule has 3 aromatic rings. The molecule has 3 atom stereocenters. The molecule has 1 aromatic carbocycles. The Bertz CT molecular complexity index is 1250. The molecule has 0 aliphatic heterocycles. The number of halogens is 2. The first kappa shape index (κ1) is 25.3. The van der Waals surface area contributed by atoms with Crippen molar-refractivity contribution >= 4 is 5.82 Å². The molecule has 37 heavy (non-hydrogen) atoms. The molecule has 0 spiro atoms. The SMILES string of the molecule is CCC[C@]1(C)CCC[C@H](N(c2cnc(-c3ccc(-c4cnc(OC)c(F)c4)cc3O)nn2)C2CC2)[C@@H]1F. The zero-order valence-electron chi connectivity index (χ0n) is 21.5. The van der Waals surface area contributed by atoms with Crippen LogP contribution in [0, 0.1) is 11.2 Å². The third-order valence-electron chi connectivity index (χ3n) is 7.76. The molecular weight excluding hydrogens is 476 g/mol. The highest BCUT2D eigenvalue weighted by atomic mass is 19.1. The predicted molar refractivity (Wildman–Crippen MR) is 138 cm³/mol. The van der Waals surface area contributed by atoms with Crippen LogP contribution in [-0.4, -0.2) is 50.6 Å². The Kier molecular flexibility index (Phi) is 6.96. The summed E-state index contributed by atoms with van der Waals surface area (Å²) in [6.45, 7) is 4.19. The van der Waals surface area contributed by atoms with Gasteiger partial charge in [-0.15, -0.1) is 10.2 Å². The highest BCUT2D eigenvalue weighted by Crippen LogP contribution is 2.46. The molecule has 5 rings (SSSR count). The molecule has 7 nitrogen and oxygen atoms in total. The van der Waals surface area contributed by atoms with Crippen molar-refractivity contribution in [3.05, 3.63) is 42.5 Å². The van der Waals surface area contributed by atoms with E-state index in [2.05, 4.69) is 38.9 Å². The van der Waals surface area contributed by atoms with Gasteiger partial charge in [0.05, 0.1) is 24.9 Å². The lowest BCUT2D eigenvalue weighted by molar-refractivity contribution is 0.0423. The molecule has 2 aromatic heterocycles. The second-order valence-corrected chi connectivity index (χ2v) is 10.5. The van der Waals surface area contributed by atoms with E-state index in [0.29, 0.717) is 22.5 Å². The Morgan fingerprint density at radius 1 is 1.11 bits per heavy atom. The summed E-state index contributed by atoms with van der Waals surface area (Å²) in [5, 5.41) is 19.4. The number of phenolic OH excluding ortho intramolecular Hbond substituents is 1. The Balaban J connectivity index is 1.39. The number of anilines is 1. The summed E-state index contributed by atoms with van der Waals surface area (Å²) >= 11 is 0. The molecule has 0 unspecified atom stereocenters. The van der Waals surface area contributed by atoms with Crippen molar-refractivity contribution in [2.24, 2.45) is 5.41 Å². The second-order valence-electron chi connectivity index (χ2n) is 10.5. The van der Waals surface area contributed by atoms with Gasteiger partial charge in [0.2, 0.25) is 5.88 Å². The lowest BCUT2D eigenvalue weighted by atomic mass is 9.69. The maximum atomic E-state index is 15.9. The second kappa shape index (κ2) is 10.2. The molecule has 0 amide bonds. The molecule has 2 fully saturated rings. The normalized spacial score (nSPS) is 23.6. The van der Waals surface area contributed by atoms with E-state index in [9.17, 15) is 9.50 Å². The number of aromatic nitrogens is 4. The third-order valence-corrected chi connectivity index (χ3v) is 7.76. The summed E-state index contributed by atoms with van der Waals surface area (Å²) in [7, 11) is 1.35. The van der Waals surface area contributed by atoms with Crippen LogP contribution < -0.4 is 9.64 Å². The number of phenols is 1. The van der Waals surface area contributed by atoms with E-state index in [4.69, 9.17) is 4.74 Å². The van der Waals surface area contributed by atoms with Gasteiger partial charge in [-0.1, -0.05) is 32.8 Å². The molecule has 2 saturated carbocycles. The maximum Gasteiger partial charge on any atom is 0.250 e. The van der Waals surface area contributed by atoms with E-state index >= 15 is 4.39 Å². The highest BCUT2D eigenvalue weighted by Gasteiger charge is 2.48. The van der Waals surface area contributed by atoms with Crippen molar-refractivity contribution in [2.45, 2.75) is 77.0 Å². The number of pyridine rings is 1. The van der Waals surface area contributed by atoms with Crippen LogP contribution in [0.25, 0.3) is 22.5 Å². The Morgan fingerprint density at radius 3 is 2.54 bits per heavy atom. The van der Waals surface area contributed by atoms with E-state index in [-0.39, 0.29) is 35.0 Å². The van der Waals surface area contributed by atoms with Crippen molar-refractivity contribution in [1.29, 1.82) is 0 Å². The molecule has 2 aliphatic rings. The minimum atomic E-state index is -0.933. The standard InChI is InChI=1S/C28H33F2N5O2/c1-4-11-28(2)12-5-6-22(25(28)30)35(19-8-9-19)24-16-31-26(34-33-24)20-10-7-17(14-23(20)36)18-13-21(29)27(37-3)32-15-18/h7,10,13-16,19,22,25,36H,4-6,8-9,11-12H2,1-3H3/t22-,25-,28+/m0/s1. The fourth-order valence-corrected chi connectivity index (χ4v) is 5.70. The summed E-state index contributed by atoms with van der Waals surface area (Å²) < 4.78 is 34.8. The van der Waals surface area contributed by atoms with Crippen LogP contribution in [0.1, 0.15) is 58.8 Å². The van der Waals surface area contributed by atoms with Gasteiger partial charge in [-0.25, -0.2) is 18.7 Å². The van der Waals surface area contributed by atoms with Gasteiger partial charge in [-0.2, -0.15) is 0 Å². The van der Waals surface area contributed by atoms with Crippen LogP contribution in [-0.2, 0) is 0 Å². The predicted octanol–water partition coefficient (Wildman–Crippen LogP) is 6.12. The molecule has 0 radical (unpaired) electrons. The van der Waals surface area contributed by atoms with Crippen molar-refractivity contribution < 1.29 is 18.6 Å². The quantitative estimate of drug-likeness (QED) is 0.392. The van der Waals surface area contributed by atoms with E-state index < -0.39 is 12.0 Å². The van der Waals surface area contributed by atoms with Gasteiger partial charge in [0.15, 0.2) is 17.5 Å². The van der Waals surface area contributed by atoms with E-state index in [0.717, 1.165) is 44.9 Å². The van der Waals surface area contributed by atoms with Crippen LogP contribution >= 0.6 is 0 Å². The smallest absolute Gasteiger partial charge is 0.250 e. The van der Waals surface area contributed by atoms with Gasteiger partial charge in [0, 0.05) is 23.2 Å². The molecule has 1 N–H and O–H groups in total. The van der Waals surface area contributed by atoms with Crippen LogP contribution in [0.15, 0.2) is 36.7 Å². The first-order valence-electron chi connectivity index (χ1n) is 13.0. The molecule has 0 bridgehead atoms. The molecule has 2 heterocycles. The van der Waals surface area contributed by atoms with E-state index in [1.54, 1.807) is 18.3 Å². The largest absolute Gasteiger partial charge is 0.507 e. The number of methoxy groups -OCH3 is 1. The topological polar surface area (TPSA) is 84.3 Å². The van der Waals surface area contributed by atoms with Gasteiger partial charge in [0.25, 0.3) is 0 Å². The van der Waals surface area contributed by atoms with Crippen LogP contribution in [0.3, 0.4) is 0 Å². The highest BCUT2D eigenvalue weighted by molar-refractivity contribution is 5.72. The number of benzene rings is 1. The number of nitrogens with zero attached hydrogens (tertiary/aromatic N) is 5. The molecule has 0 saturated heterocycles. The number of hydrogen-bond donors (Lipinski definition) is 1. The lowest BCUT2D eigenvalue weighted by Gasteiger charge is -2.46. The first-order valence-corrected chi connectivity index (χ1v) is 13.0. The van der Waals surface area contributed by atoms with E-state index in [1.807, 2.05) is 0 Å². The molecular formula is C28H33F2N5O2. The Hall–Kier alpha value is -3.36. The summed E-state index contributed by atoms with van der Waals surface area (Å²) in [4.78, 5) is 10.5. The van der Waals surface area contributed by atoms with E-state index in [1.165, 1.54) is 25.4 Å². The number of alkyl halides is 1. The fraction of sp³-hybridized carbons (Fsp3) is 0.500. The van der Waals surface area contributed by atoms with Crippen LogP contribution in [0.2, 0.25) is 0 Å². The van der Waals surface area contributed by atoms with Gasteiger partial charge in [-0.3, -0.25) is 0 Å². The average Bonchev–Trinajstić information content (AvgIpc) is 3.73. The lowest BCUT2D eigenvalue weighted by Crippen LogP contribution is -2.52. The first-order chi connectivity index (χ1) is 17.8. The van der Waals surface area contributed by atoms with Crippen molar-refractivity contribution in [2.75, 3.05) is 12.0 Å². The zero-order valence-corrected chi connectivity index (χ0v) is 21.5. The monoisotopic (exact) mass is 509 g/mol. The number of hydrogen-bond acceptors (Lipinski definition) is 7. The number of ether oxygens (including phenoxy) is 1. The molecule has 2 aliphatic carbocycles. The van der Waals surface area contributed by atoms with Crippen LogP contribution in [0.4, 0.5) is 14.6 Å². The van der Waals surface area contributed by atoms with Gasteiger partial charge in [-0.05, 0) is 55.9 Å². The average molecular weight is 510 g/mol. The minimum absolute atomic E-state index is 0.0613. The Morgan fingerprint density at radius 2 is 1.92 bits per heavy atom. The summed E-state index contributed by atoms with van der Waals surface area (Å²) in [5.74, 6) is 0.102. The fourth-order valence-electron chi connectivity index (χ4n) is 5.70. The van der Waals surface area contributed by atoms with Crippen molar-refractivity contribution in [3.8, 4) is 34.1 Å². The summed E-state index contributed by atoms with van der Waals surface area (Å²) in [6.07, 6.45) is 8.75. The maximum absolute atomic E-state index is 15.9. The zero-order chi connectivity index (χ0) is 26.2. The summed E-state index contributed by atoms with van der Waals surface area (Å²) in [6, 6.07) is 6.24. The molecule has 196 valence electrons. The van der Waals surface area contributed by atoms with Gasteiger partial charge < -0.3 is 14.7 Å². The third kappa shape index (κ3) is 4.95. The van der Waals surface area contributed by atoms with Gasteiger partial charge >= 0.3 is 0 Å². The summed E-state index contributed by atoms with van der Waals surface area (Å²) in [5.41, 5.74) is 1.17. The number of rotatable bonds is 8. The van der Waals surface area contributed by atoms with Crippen LogP contribution in [0.5, 0.6) is 11.6 Å².